The van der Waals surface area contributed by atoms with Crippen molar-refractivity contribution in [3.05, 3.63) is 0 Å². The van der Waals surface area contributed by atoms with Gasteiger partial charge in [-0.25, -0.2) is 0 Å². The number of unbranched alkanes of at least 4 members (excludes halogenated alkanes) is 2. The van der Waals surface area contributed by atoms with Crippen molar-refractivity contribution in [2.24, 2.45) is 5.92 Å². The molecule has 0 aromatic carbocycles. The van der Waals surface area contributed by atoms with Gasteiger partial charge in [-0.05, 0) is 38.8 Å². The first-order chi connectivity index (χ1) is 9.71. The average Bonchev–Trinajstić information content (AvgIpc) is 2.49. The summed E-state index contributed by atoms with van der Waals surface area (Å²) in [6.07, 6.45) is 8.62. The van der Waals surface area contributed by atoms with E-state index in [1.165, 1.54) is 68.7 Å². The second kappa shape index (κ2) is 11.1. The van der Waals surface area contributed by atoms with E-state index < -0.39 is 14.5 Å². The molecule has 0 amide bonds. The summed E-state index contributed by atoms with van der Waals surface area (Å²) >= 11 is -0.946. The third-order valence-corrected chi connectivity index (χ3v) is 7.74. The van der Waals surface area contributed by atoms with E-state index in [0.29, 0.717) is 6.10 Å². The monoisotopic (exact) mass is 297 g/mol. The molecule has 20 heavy (non-hydrogen) atoms. The third-order valence-electron chi connectivity index (χ3n) is 4.82. The summed E-state index contributed by atoms with van der Waals surface area (Å²) in [7, 11) is 0. The molecule has 2 atom stereocenters. The van der Waals surface area contributed by atoms with Gasteiger partial charge in [0.05, 0.1) is 0 Å². The number of nitrogens with zero attached hydrogens (tertiary/aromatic N) is 1. The Morgan fingerprint density at radius 3 is 2.35 bits per heavy atom. The largest absolute Gasteiger partial charge is 0.498 e. The molecule has 0 N–H and O–H groups in total. The SMILES string of the molecule is CCC[CH2][Al]([CH2]CCC)[O]C(C)C1CCCN(CC)C1. The van der Waals surface area contributed by atoms with Crippen LogP contribution in [0.15, 0.2) is 0 Å². The van der Waals surface area contributed by atoms with Gasteiger partial charge in [0.2, 0.25) is 0 Å². The lowest BCUT2D eigenvalue weighted by atomic mass is 9.93. The zero-order valence-corrected chi connectivity index (χ0v) is 15.5. The summed E-state index contributed by atoms with van der Waals surface area (Å²) in [5.74, 6) is 0.780. The van der Waals surface area contributed by atoms with Gasteiger partial charge in [-0.15, -0.1) is 0 Å². The predicted molar refractivity (Wildman–Crippen MR) is 90.6 cm³/mol. The van der Waals surface area contributed by atoms with E-state index in [1.807, 2.05) is 0 Å². The van der Waals surface area contributed by atoms with E-state index >= 15 is 0 Å². The van der Waals surface area contributed by atoms with Crippen LogP contribution < -0.4 is 0 Å². The molecule has 1 aliphatic heterocycles. The molecule has 1 rings (SSSR count). The molecule has 0 aromatic rings. The first-order valence-corrected chi connectivity index (χ1v) is 11.2. The second-order valence-corrected chi connectivity index (χ2v) is 9.21. The molecule has 118 valence electrons. The minimum Gasteiger partial charge on any atom is -0.498 e. The van der Waals surface area contributed by atoms with Crippen molar-refractivity contribution in [1.82, 2.24) is 4.90 Å². The molecule has 1 heterocycles. The van der Waals surface area contributed by atoms with Crippen LogP contribution in [0.1, 0.15) is 66.2 Å². The van der Waals surface area contributed by atoms with Gasteiger partial charge in [0.25, 0.3) is 0 Å². The van der Waals surface area contributed by atoms with Crippen molar-refractivity contribution in [2.75, 3.05) is 19.6 Å². The predicted octanol–water partition coefficient (Wildman–Crippen LogP) is 4.72. The molecule has 0 aromatic heterocycles. The van der Waals surface area contributed by atoms with Crippen LogP contribution in [0.5, 0.6) is 0 Å². The summed E-state index contributed by atoms with van der Waals surface area (Å²) in [4.78, 5) is 2.60. The van der Waals surface area contributed by atoms with E-state index in [4.69, 9.17) is 3.79 Å². The first-order valence-electron chi connectivity index (χ1n) is 9.09. The smallest absolute Gasteiger partial charge is 0.460 e. The second-order valence-electron chi connectivity index (χ2n) is 6.54. The van der Waals surface area contributed by atoms with Crippen LogP contribution in [-0.2, 0) is 3.79 Å². The maximum atomic E-state index is 6.60. The van der Waals surface area contributed by atoms with Gasteiger partial charge in [0, 0.05) is 12.6 Å². The molecule has 0 spiro atoms. The number of likely N-dealkylation sites (tertiary alicyclic amines) is 1. The Bertz CT molecular complexity index is 229. The standard InChI is InChI=1S/C9H18NO.2C4H9.Al/c1-3-10-6-4-5-9(7-10)8(2)11;2*1-3-4-2;/h8-9H,3-7H2,1-2H3;2*1,3-4H2,2H3;/q-1;;;+1. The number of rotatable bonds is 10. The van der Waals surface area contributed by atoms with Crippen LogP contribution >= 0.6 is 0 Å². The van der Waals surface area contributed by atoms with Crippen LogP contribution in [0.2, 0.25) is 10.6 Å². The fourth-order valence-corrected chi connectivity index (χ4v) is 6.44. The average molecular weight is 297 g/mol. The van der Waals surface area contributed by atoms with Gasteiger partial charge in [0.1, 0.15) is 0 Å². The molecule has 2 nitrogen and oxygen atoms in total. The Labute approximate surface area is 132 Å². The minimum atomic E-state index is -0.946. The van der Waals surface area contributed by atoms with E-state index in [9.17, 15) is 0 Å². The third kappa shape index (κ3) is 6.94. The van der Waals surface area contributed by atoms with Gasteiger partial charge >= 0.3 is 14.5 Å². The lowest BCUT2D eigenvalue weighted by Gasteiger charge is -2.36. The molecule has 0 bridgehead atoms. The van der Waals surface area contributed by atoms with Crippen LogP contribution in [0, 0.1) is 5.92 Å². The lowest BCUT2D eigenvalue weighted by molar-refractivity contribution is 0.0788. The molecule has 1 saturated heterocycles. The maximum absolute atomic E-state index is 6.60. The van der Waals surface area contributed by atoms with Crippen molar-refractivity contribution in [3.8, 4) is 0 Å². The highest BCUT2D eigenvalue weighted by atomic mass is 27.2. The minimum absolute atomic E-state index is 0.495. The van der Waals surface area contributed by atoms with Crippen molar-refractivity contribution in [1.29, 1.82) is 0 Å². The van der Waals surface area contributed by atoms with Crippen LogP contribution in [0.25, 0.3) is 0 Å². The van der Waals surface area contributed by atoms with Gasteiger partial charge in [0.15, 0.2) is 0 Å². The highest BCUT2D eigenvalue weighted by molar-refractivity contribution is 6.51. The number of hydrogen-bond donors (Lipinski definition) is 0. The van der Waals surface area contributed by atoms with Crippen molar-refractivity contribution in [3.63, 3.8) is 0 Å². The van der Waals surface area contributed by atoms with Crippen molar-refractivity contribution >= 4 is 14.5 Å². The molecular formula is C17H36AlNO. The van der Waals surface area contributed by atoms with Gasteiger partial charge in [-0.3, -0.25) is 0 Å². The van der Waals surface area contributed by atoms with Crippen molar-refractivity contribution < 1.29 is 3.79 Å². The van der Waals surface area contributed by atoms with E-state index in [2.05, 4.69) is 32.6 Å². The van der Waals surface area contributed by atoms with Crippen LogP contribution in [0.3, 0.4) is 0 Å². The molecule has 3 heteroatoms. The van der Waals surface area contributed by atoms with Crippen LogP contribution in [0.4, 0.5) is 0 Å². The van der Waals surface area contributed by atoms with E-state index in [-0.39, 0.29) is 0 Å². The van der Waals surface area contributed by atoms with Crippen LogP contribution in [-0.4, -0.2) is 45.1 Å². The molecule has 2 unspecified atom stereocenters. The Kier molecular flexibility index (Phi) is 10.2. The van der Waals surface area contributed by atoms with E-state index in [0.717, 1.165) is 5.92 Å². The number of hydrogen-bond acceptors (Lipinski definition) is 2. The molecule has 0 saturated carbocycles. The maximum Gasteiger partial charge on any atom is 0.460 e. The zero-order chi connectivity index (χ0) is 14.8. The Morgan fingerprint density at radius 1 is 1.15 bits per heavy atom. The normalized spacial score (nSPS) is 21.9. The summed E-state index contributed by atoms with van der Waals surface area (Å²) in [6.45, 7) is 13.0. The fraction of sp³-hybridized carbons (Fsp3) is 1.00. The summed E-state index contributed by atoms with van der Waals surface area (Å²) < 4.78 is 6.60. The van der Waals surface area contributed by atoms with Gasteiger partial charge in [-0.1, -0.05) is 57.0 Å². The fourth-order valence-electron chi connectivity index (χ4n) is 3.32. The summed E-state index contributed by atoms with van der Waals surface area (Å²) in [5, 5.41) is 2.79. The molecule has 0 aliphatic carbocycles. The molecule has 1 fully saturated rings. The highest BCUT2D eigenvalue weighted by Gasteiger charge is 2.28. The number of piperidine rings is 1. The summed E-state index contributed by atoms with van der Waals surface area (Å²) in [6, 6.07) is 0. The molecule has 1 aliphatic rings. The Balaban J connectivity index is 2.40. The van der Waals surface area contributed by atoms with Crippen molar-refractivity contribution in [2.45, 2.75) is 82.9 Å². The Hall–Kier alpha value is 0.452. The molecular weight excluding hydrogens is 261 g/mol. The summed E-state index contributed by atoms with van der Waals surface area (Å²) in [5.41, 5.74) is 0. The van der Waals surface area contributed by atoms with Gasteiger partial charge in [-0.2, -0.15) is 0 Å². The highest BCUT2D eigenvalue weighted by Crippen LogP contribution is 2.24. The first kappa shape index (κ1) is 18.5. The topological polar surface area (TPSA) is 12.5 Å². The molecule has 0 radical (unpaired) electrons. The van der Waals surface area contributed by atoms with E-state index in [1.54, 1.807) is 0 Å². The lowest BCUT2D eigenvalue weighted by Crippen LogP contribution is -2.41. The zero-order valence-electron chi connectivity index (χ0n) is 14.4. The Morgan fingerprint density at radius 2 is 1.80 bits per heavy atom. The quantitative estimate of drug-likeness (QED) is 0.541. The van der Waals surface area contributed by atoms with Gasteiger partial charge < -0.3 is 8.69 Å².